The summed E-state index contributed by atoms with van der Waals surface area (Å²) in [5.41, 5.74) is 6.84. The van der Waals surface area contributed by atoms with Crippen molar-refractivity contribution < 1.29 is 13.9 Å². The number of methoxy groups -OCH3 is 1. The van der Waals surface area contributed by atoms with Crippen molar-refractivity contribution in [3.05, 3.63) is 57.2 Å². The van der Waals surface area contributed by atoms with Crippen molar-refractivity contribution in [3.63, 3.8) is 0 Å². The topological polar surface area (TPSA) is 112 Å². The van der Waals surface area contributed by atoms with E-state index in [0.717, 1.165) is 4.68 Å². The van der Waals surface area contributed by atoms with Gasteiger partial charge in [0.1, 0.15) is 29.0 Å². The molecule has 0 unspecified atom stereocenters. The van der Waals surface area contributed by atoms with Crippen LogP contribution in [0.1, 0.15) is 24.5 Å². The summed E-state index contributed by atoms with van der Waals surface area (Å²) >= 11 is 6.01. The Morgan fingerprint density at radius 2 is 2.03 bits per heavy atom. The van der Waals surface area contributed by atoms with Crippen LogP contribution in [0.3, 0.4) is 0 Å². The zero-order valence-electron chi connectivity index (χ0n) is 16.4. The van der Waals surface area contributed by atoms with E-state index in [0.29, 0.717) is 39.2 Å². The maximum atomic E-state index is 12.8. The van der Waals surface area contributed by atoms with Crippen LogP contribution in [-0.2, 0) is 4.79 Å². The first-order chi connectivity index (χ1) is 13.7. The standard InChI is InChI=1S/C20H21ClN4O4/c1-10-7-14(12(3)29-10)16-9-15(22)20(27)25(24-16)11(2)19(26)23-17-8-13(21)5-6-18(17)28-4/h5-9,11H,22H2,1-4H3,(H,23,26)/t11-/m0/s1. The van der Waals surface area contributed by atoms with Gasteiger partial charge in [-0.1, -0.05) is 11.6 Å². The normalized spacial score (nSPS) is 11.9. The van der Waals surface area contributed by atoms with Gasteiger partial charge in [-0.05, 0) is 51.1 Å². The number of carbonyl (C=O) groups excluding carboxylic acids is 1. The first-order valence-electron chi connectivity index (χ1n) is 8.82. The Hall–Kier alpha value is -3.26. The van der Waals surface area contributed by atoms with Crippen molar-refractivity contribution in [2.24, 2.45) is 0 Å². The molecule has 0 radical (unpaired) electrons. The van der Waals surface area contributed by atoms with Crippen molar-refractivity contribution in [1.29, 1.82) is 0 Å². The van der Waals surface area contributed by atoms with Crippen molar-refractivity contribution in [2.45, 2.75) is 26.8 Å². The second-order valence-corrected chi connectivity index (χ2v) is 7.01. The number of aryl methyl sites for hydroxylation is 2. The number of carbonyl (C=O) groups is 1. The molecule has 9 heteroatoms. The minimum absolute atomic E-state index is 0.0201. The van der Waals surface area contributed by atoms with E-state index in [2.05, 4.69) is 10.4 Å². The summed E-state index contributed by atoms with van der Waals surface area (Å²) in [6, 6.07) is 7.17. The lowest BCUT2D eigenvalue weighted by atomic mass is 10.1. The highest BCUT2D eigenvalue weighted by molar-refractivity contribution is 6.31. The summed E-state index contributed by atoms with van der Waals surface area (Å²) in [6.45, 7) is 5.15. The molecule has 2 heterocycles. The highest BCUT2D eigenvalue weighted by Gasteiger charge is 2.22. The second kappa shape index (κ2) is 8.00. The third kappa shape index (κ3) is 4.12. The zero-order valence-corrected chi connectivity index (χ0v) is 17.2. The summed E-state index contributed by atoms with van der Waals surface area (Å²) in [6.07, 6.45) is 0. The van der Waals surface area contributed by atoms with Crippen LogP contribution >= 0.6 is 11.6 Å². The van der Waals surface area contributed by atoms with Gasteiger partial charge in [0.2, 0.25) is 5.91 Å². The number of aromatic nitrogens is 2. The largest absolute Gasteiger partial charge is 0.495 e. The number of furan rings is 1. The van der Waals surface area contributed by atoms with E-state index in [1.54, 1.807) is 38.1 Å². The lowest BCUT2D eigenvalue weighted by molar-refractivity contribution is -0.119. The molecular weight excluding hydrogens is 396 g/mol. The van der Waals surface area contributed by atoms with Crippen LogP contribution < -0.4 is 21.3 Å². The molecule has 0 spiro atoms. The predicted octanol–water partition coefficient (Wildman–Crippen LogP) is 3.56. The van der Waals surface area contributed by atoms with Gasteiger partial charge < -0.3 is 20.2 Å². The molecule has 3 N–H and O–H groups in total. The fourth-order valence-corrected chi connectivity index (χ4v) is 3.11. The number of nitrogens with two attached hydrogens (primary N) is 1. The van der Waals surface area contributed by atoms with Crippen molar-refractivity contribution >= 4 is 28.9 Å². The quantitative estimate of drug-likeness (QED) is 0.657. The number of hydrogen-bond acceptors (Lipinski definition) is 6. The van der Waals surface area contributed by atoms with Crippen LogP contribution in [0.5, 0.6) is 5.75 Å². The maximum absolute atomic E-state index is 12.8. The van der Waals surface area contributed by atoms with E-state index < -0.39 is 17.5 Å². The third-order valence-corrected chi connectivity index (χ3v) is 4.68. The minimum atomic E-state index is -0.943. The molecule has 0 saturated heterocycles. The molecule has 3 rings (SSSR count). The number of nitrogens with one attached hydrogen (secondary N) is 1. The molecule has 0 saturated carbocycles. The summed E-state index contributed by atoms with van der Waals surface area (Å²) in [7, 11) is 1.48. The Morgan fingerprint density at radius 3 is 2.66 bits per heavy atom. The number of hydrogen-bond donors (Lipinski definition) is 2. The van der Waals surface area contributed by atoms with Crippen LogP contribution in [0.15, 0.2) is 39.5 Å². The van der Waals surface area contributed by atoms with Crippen LogP contribution in [0.4, 0.5) is 11.4 Å². The molecule has 8 nitrogen and oxygen atoms in total. The minimum Gasteiger partial charge on any atom is -0.495 e. The zero-order chi connectivity index (χ0) is 21.3. The van der Waals surface area contributed by atoms with Crippen LogP contribution in [-0.4, -0.2) is 22.8 Å². The Kier molecular flexibility index (Phi) is 5.65. The number of rotatable bonds is 5. The monoisotopic (exact) mass is 416 g/mol. The molecule has 1 atom stereocenters. The molecule has 0 aliphatic rings. The molecule has 0 bridgehead atoms. The molecular formula is C20H21ClN4O4. The average Bonchev–Trinajstić information content (AvgIpc) is 3.01. The first-order valence-corrected chi connectivity index (χ1v) is 9.20. The highest BCUT2D eigenvalue weighted by atomic mass is 35.5. The van der Waals surface area contributed by atoms with Gasteiger partial charge in [0.25, 0.3) is 5.56 Å². The second-order valence-electron chi connectivity index (χ2n) is 6.57. The van der Waals surface area contributed by atoms with E-state index in [1.165, 1.54) is 13.2 Å². The van der Waals surface area contributed by atoms with Gasteiger partial charge in [-0.2, -0.15) is 5.10 Å². The molecule has 1 amide bonds. The van der Waals surface area contributed by atoms with Gasteiger partial charge >= 0.3 is 0 Å². The fraction of sp³-hybridized carbons (Fsp3) is 0.250. The van der Waals surface area contributed by atoms with E-state index in [1.807, 2.05) is 6.92 Å². The van der Waals surface area contributed by atoms with Gasteiger partial charge in [0, 0.05) is 10.6 Å². The van der Waals surface area contributed by atoms with Crippen LogP contribution in [0.2, 0.25) is 5.02 Å². The number of halogens is 1. The number of anilines is 2. The summed E-state index contributed by atoms with van der Waals surface area (Å²) in [4.78, 5) is 25.4. The Bertz CT molecular complexity index is 1140. The predicted molar refractivity (Wildman–Crippen MR) is 111 cm³/mol. The van der Waals surface area contributed by atoms with Gasteiger partial charge in [-0.15, -0.1) is 0 Å². The lowest BCUT2D eigenvalue weighted by Gasteiger charge is -2.17. The molecule has 1 aromatic carbocycles. The van der Waals surface area contributed by atoms with E-state index in [4.69, 9.17) is 26.5 Å². The molecule has 0 aliphatic heterocycles. The van der Waals surface area contributed by atoms with Crippen molar-refractivity contribution in [1.82, 2.24) is 9.78 Å². The highest BCUT2D eigenvalue weighted by Crippen LogP contribution is 2.29. The first kappa shape index (κ1) is 20.5. The molecule has 152 valence electrons. The van der Waals surface area contributed by atoms with Gasteiger partial charge in [0.15, 0.2) is 0 Å². The van der Waals surface area contributed by atoms with Crippen LogP contribution in [0.25, 0.3) is 11.3 Å². The Morgan fingerprint density at radius 1 is 1.31 bits per heavy atom. The Labute approximate surface area is 172 Å². The SMILES string of the molecule is COc1ccc(Cl)cc1NC(=O)[C@H](C)n1nc(-c2cc(C)oc2C)cc(N)c1=O. The van der Waals surface area contributed by atoms with Gasteiger partial charge in [-0.3, -0.25) is 9.59 Å². The number of nitrogen functional groups attached to an aromatic ring is 1. The number of ether oxygens (including phenoxy) is 1. The summed E-state index contributed by atoms with van der Waals surface area (Å²) < 4.78 is 11.8. The Balaban J connectivity index is 1.97. The maximum Gasteiger partial charge on any atom is 0.290 e. The third-order valence-electron chi connectivity index (χ3n) is 4.45. The lowest BCUT2D eigenvalue weighted by Crippen LogP contribution is -2.34. The summed E-state index contributed by atoms with van der Waals surface area (Å²) in [5.74, 6) is 1.31. The molecule has 2 aromatic heterocycles. The molecule has 0 fully saturated rings. The van der Waals surface area contributed by atoms with E-state index in [-0.39, 0.29) is 5.69 Å². The van der Waals surface area contributed by atoms with Crippen molar-refractivity contribution in [3.8, 4) is 17.0 Å². The molecule has 0 aliphatic carbocycles. The van der Waals surface area contributed by atoms with E-state index in [9.17, 15) is 9.59 Å². The number of benzene rings is 1. The number of amides is 1. The van der Waals surface area contributed by atoms with Crippen LogP contribution in [0, 0.1) is 13.8 Å². The van der Waals surface area contributed by atoms with Crippen molar-refractivity contribution in [2.75, 3.05) is 18.2 Å². The number of nitrogens with zero attached hydrogens (tertiary/aromatic N) is 2. The van der Waals surface area contributed by atoms with Gasteiger partial charge in [-0.25, -0.2) is 4.68 Å². The smallest absolute Gasteiger partial charge is 0.290 e. The summed E-state index contributed by atoms with van der Waals surface area (Å²) in [5, 5.41) is 7.49. The molecule has 3 aromatic rings. The average molecular weight is 417 g/mol. The fourth-order valence-electron chi connectivity index (χ4n) is 2.94. The molecule has 29 heavy (non-hydrogen) atoms. The van der Waals surface area contributed by atoms with Gasteiger partial charge in [0.05, 0.1) is 18.5 Å². The van der Waals surface area contributed by atoms with E-state index >= 15 is 0 Å².